The van der Waals surface area contributed by atoms with Crippen molar-refractivity contribution in [2.75, 3.05) is 24.6 Å². The van der Waals surface area contributed by atoms with E-state index in [1.54, 1.807) is 6.92 Å². The Kier molecular flexibility index (Phi) is 6.36. The third-order valence-electron chi connectivity index (χ3n) is 3.13. The Balaban J connectivity index is 2.68. The number of rotatable bonds is 8. The Morgan fingerprint density at radius 1 is 1.17 bits per heavy atom. The van der Waals surface area contributed by atoms with E-state index in [2.05, 4.69) is 24.4 Å². The van der Waals surface area contributed by atoms with Gasteiger partial charge in [0.05, 0.1) is 5.75 Å². The fraction of sp³-hybridized carbons (Fsp3) is 0.571. The van der Waals surface area contributed by atoms with Gasteiger partial charge in [0.15, 0.2) is 0 Å². The SMILES string of the molecule is CCNCC(CCS(=O)(=O)CC)c1ccccc1. The first-order valence-corrected chi connectivity index (χ1v) is 8.37. The highest BCUT2D eigenvalue weighted by Crippen LogP contribution is 2.19. The van der Waals surface area contributed by atoms with E-state index in [0.717, 1.165) is 13.1 Å². The van der Waals surface area contributed by atoms with Gasteiger partial charge < -0.3 is 5.32 Å². The van der Waals surface area contributed by atoms with E-state index < -0.39 is 9.84 Å². The van der Waals surface area contributed by atoms with Gasteiger partial charge in [0.1, 0.15) is 9.84 Å². The Morgan fingerprint density at radius 2 is 1.83 bits per heavy atom. The highest BCUT2D eigenvalue weighted by Gasteiger charge is 2.15. The number of sulfone groups is 1. The molecule has 0 heterocycles. The van der Waals surface area contributed by atoms with Gasteiger partial charge in [-0.3, -0.25) is 0 Å². The molecule has 1 atom stereocenters. The van der Waals surface area contributed by atoms with Gasteiger partial charge in [0, 0.05) is 12.3 Å². The molecule has 102 valence electrons. The summed E-state index contributed by atoms with van der Waals surface area (Å²) in [5.74, 6) is 0.775. The molecule has 1 aromatic carbocycles. The first kappa shape index (κ1) is 15.2. The third-order valence-corrected chi connectivity index (χ3v) is 4.87. The van der Waals surface area contributed by atoms with E-state index in [9.17, 15) is 8.42 Å². The third kappa shape index (κ3) is 5.19. The minimum atomic E-state index is -2.88. The lowest BCUT2D eigenvalue weighted by Crippen LogP contribution is -2.23. The van der Waals surface area contributed by atoms with Crippen LogP contribution in [0.15, 0.2) is 30.3 Å². The zero-order valence-corrected chi connectivity index (χ0v) is 12.0. The van der Waals surface area contributed by atoms with Crippen molar-refractivity contribution in [3.8, 4) is 0 Å². The minimum Gasteiger partial charge on any atom is -0.316 e. The molecule has 0 bridgehead atoms. The molecule has 0 saturated carbocycles. The van der Waals surface area contributed by atoms with Crippen LogP contribution in [0.25, 0.3) is 0 Å². The van der Waals surface area contributed by atoms with Crippen molar-refractivity contribution in [2.45, 2.75) is 26.2 Å². The Labute approximate surface area is 111 Å². The van der Waals surface area contributed by atoms with Crippen LogP contribution in [0.5, 0.6) is 0 Å². The Bertz CT molecular complexity index is 428. The zero-order valence-electron chi connectivity index (χ0n) is 11.2. The van der Waals surface area contributed by atoms with Gasteiger partial charge in [0.2, 0.25) is 0 Å². The molecule has 0 amide bonds. The number of benzene rings is 1. The summed E-state index contributed by atoms with van der Waals surface area (Å²) in [6, 6.07) is 10.1. The number of hydrogen-bond donors (Lipinski definition) is 1. The summed E-state index contributed by atoms with van der Waals surface area (Å²) in [5.41, 5.74) is 1.21. The molecule has 0 aliphatic carbocycles. The maximum Gasteiger partial charge on any atom is 0.150 e. The predicted molar refractivity (Wildman–Crippen MR) is 76.7 cm³/mol. The average Bonchev–Trinajstić information content (AvgIpc) is 2.40. The second-order valence-electron chi connectivity index (χ2n) is 4.44. The minimum absolute atomic E-state index is 0.232. The number of hydrogen-bond acceptors (Lipinski definition) is 3. The molecule has 0 spiro atoms. The monoisotopic (exact) mass is 269 g/mol. The first-order chi connectivity index (χ1) is 8.59. The summed E-state index contributed by atoms with van der Waals surface area (Å²) in [5, 5.41) is 3.31. The summed E-state index contributed by atoms with van der Waals surface area (Å²) in [6.45, 7) is 5.51. The second-order valence-corrected chi connectivity index (χ2v) is 6.91. The molecule has 1 rings (SSSR count). The van der Waals surface area contributed by atoms with Crippen molar-refractivity contribution in [1.82, 2.24) is 5.32 Å². The van der Waals surface area contributed by atoms with Crippen LogP contribution in [-0.2, 0) is 9.84 Å². The quantitative estimate of drug-likeness (QED) is 0.787. The van der Waals surface area contributed by atoms with Gasteiger partial charge >= 0.3 is 0 Å². The Hall–Kier alpha value is -0.870. The van der Waals surface area contributed by atoms with Crippen LogP contribution >= 0.6 is 0 Å². The number of nitrogens with one attached hydrogen (secondary N) is 1. The predicted octanol–water partition coefficient (Wildman–Crippen LogP) is 2.20. The van der Waals surface area contributed by atoms with Crippen LogP contribution in [0.4, 0.5) is 0 Å². The maximum atomic E-state index is 11.6. The molecule has 0 saturated heterocycles. The van der Waals surface area contributed by atoms with Crippen LogP contribution in [0.3, 0.4) is 0 Å². The molecule has 0 aromatic heterocycles. The molecule has 18 heavy (non-hydrogen) atoms. The van der Waals surface area contributed by atoms with Crippen LogP contribution < -0.4 is 5.32 Å². The molecule has 0 fully saturated rings. The van der Waals surface area contributed by atoms with Crippen molar-refractivity contribution in [2.24, 2.45) is 0 Å². The van der Waals surface area contributed by atoms with Crippen molar-refractivity contribution < 1.29 is 8.42 Å². The molecule has 1 aromatic rings. The molecule has 1 unspecified atom stereocenters. The van der Waals surface area contributed by atoms with Gasteiger partial charge in [-0.2, -0.15) is 0 Å². The van der Waals surface area contributed by atoms with Gasteiger partial charge in [0.25, 0.3) is 0 Å². The van der Waals surface area contributed by atoms with Crippen molar-refractivity contribution in [3.63, 3.8) is 0 Å². The lowest BCUT2D eigenvalue weighted by Gasteiger charge is -2.17. The molecule has 1 N–H and O–H groups in total. The highest BCUT2D eigenvalue weighted by molar-refractivity contribution is 7.91. The van der Waals surface area contributed by atoms with Crippen LogP contribution in [-0.4, -0.2) is 33.0 Å². The largest absolute Gasteiger partial charge is 0.316 e. The van der Waals surface area contributed by atoms with E-state index in [0.29, 0.717) is 6.42 Å². The molecule has 4 heteroatoms. The van der Waals surface area contributed by atoms with Crippen LogP contribution in [0.1, 0.15) is 31.7 Å². The number of likely N-dealkylation sites (N-methyl/N-ethyl adjacent to an activating group) is 1. The van der Waals surface area contributed by atoms with Crippen molar-refractivity contribution >= 4 is 9.84 Å². The topological polar surface area (TPSA) is 46.2 Å². The lowest BCUT2D eigenvalue weighted by atomic mass is 9.96. The van der Waals surface area contributed by atoms with Crippen LogP contribution in [0, 0.1) is 0 Å². The fourth-order valence-corrected chi connectivity index (χ4v) is 2.83. The molecule has 0 radical (unpaired) electrons. The van der Waals surface area contributed by atoms with E-state index in [1.165, 1.54) is 5.56 Å². The normalized spacial score (nSPS) is 13.4. The van der Waals surface area contributed by atoms with Crippen molar-refractivity contribution in [1.29, 1.82) is 0 Å². The van der Waals surface area contributed by atoms with E-state index >= 15 is 0 Å². The average molecular weight is 269 g/mol. The molecule has 0 aliphatic heterocycles. The van der Waals surface area contributed by atoms with Crippen molar-refractivity contribution in [3.05, 3.63) is 35.9 Å². The summed E-state index contributed by atoms with van der Waals surface area (Å²) in [4.78, 5) is 0. The van der Waals surface area contributed by atoms with E-state index in [-0.39, 0.29) is 17.4 Å². The van der Waals surface area contributed by atoms with Gasteiger partial charge in [-0.15, -0.1) is 0 Å². The summed E-state index contributed by atoms with van der Waals surface area (Å²) in [6.07, 6.45) is 0.688. The smallest absolute Gasteiger partial charge is 0.150 e. The van der Waals surface area contributed by atoms with E-state index in [1.807, 2.05) is 18.2 Å². The first-order valence-electron chi connectivity index (χ1n) is 6.55. The maximum absolute atomic E-state index is 11.6. The molecule has 0 aliphatic rings. The lowest BCUT2D eigenvalue weighted by molar-refractivity contribution is 0.564. The highest BCUT2D eigenvalue weighted by atomic mass is 32.2. The van der Waals surface area contributed by atoms with Gasteiger partial charge in [-0.1, -0.05) is 44.2 Å². The van der Waals surface area contributed by atoms with Crippen LogP contribution in [0.2, 0.25) is 0 Å². The summed E-state index contributed by atoms with van der Waals surface area (Å²) < 4.78 is 23.2. The molecular weight excluding hydrogens is 246 g/mol. The fourth-order valence-electron chi connectivity index (χ4n) is 1.90. The zero-order chi connectivity index (χ0) is 13.4. The van der Waals surface area contributed by atoms with E-state index in [4.69, 9.17) is 0 Å². The standard InChI is InChI=1S/C14H23NO2S/c1-3-15-12-14(10-11-18(16,17)4-2)13-8-6-5-7-9-13/h5-9,14-15H,3-4,10-12H2,1-2H3. The Morgan fingerprint density at radius 3 is 2.39 bits per heavy atom. The summed E-state index contributed by atoms with van der Waals surface area (Å²) >= 11 is 0. The van der Waals surface area contributed by atoms with Gasteiger partial charge in [-0.25, -0.2) is 8.42 Å². The van der Waals surface area contributed by atoms with Gasteiger partial charge in [-0.05, 0) is 24.4 Å². The second kappa shape index (κ2) is 7.54. The molecule has 3 nitrogen and oxygen atoms in total. The summed E-state index contributed by atoms with van der Waals surface area (Å²) in [7, 11) is -2.88. The molecular formula is C14H23NO2S.